The number of non-ortho nitro benzene ring substituents is 1. The maximum Gasteiger partial charge on any atom is 0.319 e. The molecule has 144 valence electrons. The molecule has 3 rings (SSSR count). The number of carbonyl (C=O) groups is 1. The number of ether oxygens (including phenoxy) is 1. The van der Waals surface area contributed by atoms with Gasteiger partial charge in [0.25, 0.3) is 5.69 Å². The lowest BCUT2D eigenvalue weighted by molar-refractivity contribution is -0.384. The molecule has 0 radical (unpaired) electrons. The molecule has 9 nitrogen and oxygen atoms in total. The van der Waals surface area contributed by atoms with E-state index in [0.717, 1.165) is 16.9 Å². The van der Waals surface area contributed by atoms with Gasteiger partial charge in [0.05, 0.1) is 24.8 Å². The van der Waals surface area contributed by atoms with Gasteiger partial charge in [-0.25, -0.2) is 4.79 Å². The molecular formula is C19H19N5O4. The third kappa shape index (κ3) is 5.07. The zero-order valence-corrected chi connectivity index (χ0v) is 15.2. The predicted molar refractivity (Wildman–Crippen MR) is 103 cm³/mol. The van der Waals surface area contributed by atoms with Gasteiger partial charge in [-0.05, 0) is 29.8 Å². The van der Waals surface area contributed by atoms with Crippen molar-refractivity contribution in [1.29, 1.82) is 0 Å². The fraction of sp³-hybridized carbons (Fsp3) is 0.158. The topological polar surface area (TPSA) is 111 Å². The Morgan fingerprint density at radius 3 is 2.50 bits per heavy atom. The Kier molecular flexibility index (Phi) is 5.85. The van der Waals surface area contributed by atoms with E-state index < -0.39 is 11.0 Å². The van der Waals surface area contributed by atoms with Crippen molar-refractivity contribution in [3.8, 4) is 5.75 Å². The van der Waals surface area contributed by atoms with Gasteiger partial charge in [-0.1, -0.05) is 12.1 Å². The zero-order chi connectivity index (χ0) is 19.9. The van der Waals surface area contributed by atoms with Gasteiger partial charge in [-0.3, -0.25) is 14.8 Å². The molecule has 3 aromatic rings. The first-order chi connectivity index (χ1) is 13.5. The number of nitrogens with one attached hydrogen (secondary N) is 2. The highest BCUT2D eigenvalue weighted by Gasteiger charge is 2.07. The second-order valence-electron chi connectivity index (χ2n) is 6.01. The summed E-state index contributed by atoms with van der Waals surface area (Å²) in [4.78, 5) is 22.1. The summed E-state index contributed by atoms with van der Waals surface area (Å²) < 4.78 is 6.92. The predicted octanol–water partition coefficient (Wildman–Crippen LogP) is 3.17. The summed E-state index contributed by atoms with van der Waals surface area (Å²) in [6.45, 7) is 0.917. The van der Waals surface area contributed by atoms with Crippen molar-refractivity contribution in [3.05, 3.63) is 82.2 Å². The maximum atomic E-state index is 12.0. The maximum absolute atomic E-state index is 12.0. The first-order valence-electron chi connectivity index (χ1n) is 8.47. The molecule has 9 heteroatoms. The number of aromatic nitrogens is 2. The third-order valence-corrected chi connectivity index (χ3v) is 3.98. The SMILES string of the molecule is COc1ccc(Cn2cc(CNC(=O)Nc3ccc([N+](=O)[O-])cc3)cn2)cc1. The normalized spacial score (nSPS) is 10.3. The van der Waals surface area contributed by atoms with Crippen molar-refractivity contribution < 1.29 is 14.5 Å². The average molecular weight is 381 g/mol. The Bertz CT molecular complexity index is 951. The minimum atomic E-state index is -0.493. The molecule has 1 heterocycles. The van der Waals surface area contributed by atoms with Crippen molar-refractivity contribution in [2.24, 2.45) is 0 Å². The van der Waals surface area contributed by atoms with E-state index in [0.29, 0.717) is 18.8 Å². The van der Waals surface area contributed by atoms with Crippen LogP contribution in [-0.2, 0) is 13.1 Å². The van der Waals surface area contributed by atoms with Crippen molar-refractivity contribution in [2.75, 3.05) is 12.4 Å². The number of hydrogen-bond acceptors (Lipinski definition) is 5. The van der Waals surface area contributed by atoms with Crippen LogP contribution < -0.4 is 15.4 Å². The van der Waals surface area contributed by atoms with E-state index in [1.54, 1.807) is 18.0 Å². The molecule has 0 fully saturated rings. The molecule has 0 spiro atoms. The first kappa shape index (κ1) is 18.9. The largest absolute Gasteiger partial charge is 0.497 e. The Hall–Kier alpha value is -3.88. The Balaban J connectivity index is 1.49. The van der Waals surface area contributed by atoms with E-state index >= 15 is 0 Å². The van der Waals surface area contributed by atoms with Crippen LogP contribution in [0.25, 0.3) is 0 Å². The monoisotopic (exact) mass is 381 g/mol. The summed E-state index contributed by atoms with van der Waals surface area (Å²) in [5.74, 6) is 0.799. The number of urea groups is 1. The fourth-order valence-electron chi connectivity index (χ4n) is 2.53. The number of hydrogen-bond donors (Lipinski definition) is 2. The summed E-state index contributed by atoms with van der Waals surface area (Å²) in [7, 11) is 1.62. The summed E-state index contributed by atoms with van der Waals surface area (Å²) in [5, 5.41) is 20.3. The quantitative estimate of drug-likeness (QED) is 0.482. The van der Waals surface area contributed by atoms with Gasteiger partial charge in [0.15, 0.2) is 0 Å². The third-order valence-electron chi connectivity index (χ3n) is 3.98. The lowest BCUT2D eigenvalue weighted by Gasteiger charge is -2.06. The van der Waals surface area contributed by atoms with Gasteiger partial charge in [0, 0.05) is 36.1 Å². The van der Waals surface area contributed by atoms with E-state index in [9.17, 15) is 14.9 Å². The number of rotatable bonds is 7. The molecule has 2 amide bonds. The van der Waals surface area contributed by atoms with Crippen LogP contribution in [-0.4, -0.2) is 27.8 Å². The van der Waals surface area contributed by atoms with Gasteiger partial charge in [0.1, 0.15) is 5.75 Å². The number of methoxy groups -OCH3 is 1. The van der Waals surface area contributed by atoms with Crippen LogP contribution in [0.1, 0.15) is 11.1 Å². The van der Waals surface area contributed by atoms with E-state index in [-0.39, 0.29) is 5.69 Å². The number of nitrogens with zero attached hydrogens (tertiary/aromatic N) is 3. The molecule has 0 aliphatic rings. The van der Waals surface area contributed by atoms with Gasteiger partial charge in [-0.2, -0.15) is 5.10 Å². The van der Waals surface area contributed by atoms with Crippen LogP contribution in [0.4, 0.5) is 16.2 Å². The molecule has 0 saturated carbocycles. The molecule has 0 unspecified atom stereocenters. The van der Waals surface area contributed by atoms with Gasteiger partial charge >= 0.3 is 6.03 Å². The molecule has 2 N–H and O–H groups in total. The van der Waals surface area contributed by atoms with Crippen molar-refractivity contribution >= 4 is 17.4 Å². The Morgan fingerprint density at radius 2 is 1.86 bits per heavy atom. The lowest BCUT2D eigenvalue weighted by Crippen LogP contribution is -2.28. The standard InChI is InChI=1S/C19H19N5O4/c1-28-18-8-2-14(3-9-18)12-23-13-15(11-21-23)10-20-19(25)22-16-4-6-17(7-5-16)24(26)27/h2-9,11,13H,10,12H2,1H3,(H2,20,22,25). The van der Waals surface area contributed by atoms with E-state index in [4.69, 9.17) is 4.74 Å². The van der Waals surface area contributed by atoms with Gasteiger partial charge in [0.2, 0.25) is 0 Å². The van der Waals surface area contributed by atoms with Crippen LogP contribution in [0.3, 0.4) is 0 Å². The number of amides is 2. The van der Waals surface area contributed by atoms with Crippen molar-refractivity contribution in [2.45, 2.75) is 13.1 Å². The summed E-state index contributed by atoms with van der Waals surface area (Å²) in [6, 6.07) is 12.9. The number of nitro benzene ring substituents is 1. The molecule has 0 bridgehead atoms. The van der Waals surface area contributed by atoms with Crippen LogP contribution in [0, 0.1) is 10.1 Å². The Labute approximate surface area is 161 Å². The van der Waals surface area contributed by atoms with E-state index in [2.05, 4.69) is 15.7 Å². The highest BCUT2D eigenvalue weighted by Crippen LogP contribution is 2.15. The smallest absolute Gasteiger partial charge is 0.319 e. The Morgan fingerprint density at radius 1 is 1.14 bits per heavy atom. The minimum absolute atomic E-state index is 0.0322. The van der Waals surface area contributed by atoms with Crippen LogP contribution >= 0.6 is 0 Å². The minimum Gasteiger partial charge on any atom is -0.497 e. The highest BCUT2D eigenvalue weighted by molar-refractivity contribution is 5.89. The second-order valence-corrected chi connectivity index (χ2v) is 6.01. The molecular weight excluding hydrogens is 362 g/mol. The zero-order valence-electron chi connectivity index (χ0n) is 15.2. The van der Waals surface area contributed by atoms with Crippen LogP contribution in [0.15, 0.2) is 60.9 Å². The average Bonchev–Trinajstić information content (AvgIpc) is 3.15. The summed E-state index contributed by atoms with van der Waals surface area (Å²) in [5.41, 5.74) is 2.38. The number of anilines is 1. The highest BCUT2D eigenvalue weighted by atomic mass is 16.6. The van der Waals surface area contributed by atoms with Crippen molar-refractivity contribution in [3.63, 3.8) is 0 Å². The molecule has 28 heavy (non-hydrogen) atoms. The van der Waals surface area contributed by atoms with Gasteiger partial charge < -0.3 is 15.4 Å². The number of carbonyl (C=O) groups excluding carboxylic acids is 1. The van der Waals surface area contributed by atoms with E-state index in [1.165, 1.54) is 24.3 Å². The van der Waals surface area contributed by atoms with Crippen LogP contribution in [0.5, 0.6) is 5.75 Å². The molecule has 2 aromatic carbocycles. The van der Waals surface area contributed by atoms with Gasteiger partial charge in [-0.15, -0.1) is 0 Å². The number of benzene rings is 2. The molecule has 1 aromatic heterocycles. The van der Waals surface area contributed by atoms with Crippen molar-refractivity contribution in [1.82, 2.24) is 15.1 Å². The summed E-state index contributed by atoms with van der Waals surface area (Å²) in [6.07, 6.45) is 3.55. The summed E-state index contributed by atoms with van der Waals surface area (Å²) >= 11 is 0. The van der Waals surface area contributed by atoms with Crippen LogP contribution in [0.2, 0.25) is 0 Å². The lowest BCUT2D eigenvalue weighted by atomic mass is 10.2. The molecule has 0 saturated heterocycles. The molecule has 0 aliphatic carbocycles. The number of nitro groups is 1. The molecule has 0 atom stereocenters. The van der Waals surface area contributed by atoms with E-state index in [1.807, 2.05) is 30.5 Å². The second kappa shape index (κ2) is 8.67. The first-order valence-corrected chi connectivity index (χ1v) is 8.47. The fourth-order valence-corrected chi connectivity index (χ4v) is 2.53. The molecule has 0 aliphatic heterocycles.